The summed E-state index contributed by atoms with van der Waals surface area (Å²) >= 11 is 12.1. The molecule has 0 fully saturated rings. The van der Waals surface area contributed by atoms with Crippen molar-refractivity contribution in [2.75, 3.05) is 7.11 Å². The van der Waals surface area contributed by atoms with Crippen LogP contribution in [0.15, 0.2) is 54.6 Å². The van der Waals surface area contributed by atoms with Gasteiger partial charge in [0.05, 0.1) is 12.7 Å². The summed E-state index contributed by atoms with van der Waals surface area (Å²) in [5.41, 5.74) is 2.97. The van der Waals surface area contributed by atoms with E-state index in [0.29, 0.717) is 38.0 Å². The third-order valence-electron chi connectivity index (χ3n) is 4.03. The van der Waals surface area contributed by atoms with Crippen molar-refractivity contribution in [3.8, 4) is 22.6 Å². The van der Waals surface area contributed by atoms with Crippen LogP contribution in [0.3, 0.4) is 0 Å². The quantitative estimate of drug-likeness (QED) is 0.566. The Hall–Kier alpha value is -2.49. The number of carbonyl (C=O) groups is 1. The summed E-state index contributed by atoms with van der Waals surface area (Å²) in [7, 11) is 1.48. The van der Waals surface area contributed by atoms with E-state index in [9.17, 15) is 9.90 Å². The second-order valence-electron chi connectivity index (χ2n) is 5.93. The minimum Gasteiger partial charge on any atom is -0.507 e. The molecule has 26 heavy (non-hydrogen) atoms. The molecule has 0 heterocycles. The molecule has 0 unspecified atom stereocenters. The van der Waals surface area contributed by atoms with Crippen LogP contribution in [0.5, 0.6) is 11.5 Å². The molecular formula is C21H16Cl2O3. The first-order valence-corrected chi connectivity index (χ1v) is 8.63. The number of ether oxygens (including phenoxy) is 1. The average molecular weight is 387 g/mol. The standard InChI is InChI=1S/C21H16Cl2O3/c1-12-3-5-13(6-4-12)21(25)15-9-18(24)20(19(10-15)26-2)14-7-16(22)11-17(23)8-14/h3-11,24H,1-2H3. The summed E-state index contributed by atoms with van der Waals surface area (Å²) < 4.78 is 5.41. The number of hydrogen-bond acceptors (Lipinski definition) is 3. The van der Waals surface area contributed by atoms with E-state index in [1.807, 2.05) is 19.1 Å². The van der Waals surface area contributed by atoms with E-state index in [2.05, 4.69) is 0 Å². The van der Waals surface area contributed by atoms with Crippen molar-refractivity contribution in [1.29, 1.82) is 0 Å². The normalized spacial score (nSPS) is 10.6. The van der Waals surface area contributed by atoms with Crippen LogP contribution >= 0.6 is 23.2 Å². The lowest BCUT2D eigenvalue weighted by Gasteiger charge is -2.14. The van der Waals surface area contributed by atoms with E-state index in [-0.39, 0.29) is 11.5 Å². The molecule has 0 radical (unpaired) electrons. The van der Waals surface area contributed by atoms with Crippen molar-refractivity contribution in [3.63, 3.8) is 0 Å². The lowest BCUT2D eigenvalue weighted by atomic mass is 9.97. The molecule has 5 heteroatoms. The topological polar surface area (TPSA) is 46.5 Å². The number of aryl methyl sites for hydroxylation is 1. The fourth-order valence-corrected chi connectivity index (χ4v) is 3.28. The number of benzene rings is 3. The highest BCUT2D eigenvalue weighted by Gasteiger charge is 2.18. The van der Waals surface area contributed by atoms with Gasteiger partial charge in [-0.05, 0) is 42.8 Å². The van der Waals surface area contributed by atoms with Crippen LogP contribution in [-0.2, 0) is 0 Å². The molecular weight excluding hydrogens is 371 g/mol. The minimum atomic E-state index is -0.200. The molecule has 0 saturated carbocycles. The Morgan fingerprint density at radius 2 is 1.54 bits per heavy atom. The van der Waals surface area contributed by atoms with Crippen molar-refractivity contribution in [2.45, 2.75) is 6.92 Å². The van der Waals surface area contributed by atoms with Crippen molar-refractivity contribution < 1.29 is 14.6 Å². The minimum absolute atomic E-state index is 0.0851. The van der Waals surface area contributed by atoms with Crippen LogP contribution in [0.2, 0.25) is 10.0 Å². The van der Waals surface area contributed by atoms with Crippen LogP contribution in [0.25, 0.3) is 11.1 Å². The molecule has 3 aromatic rings. The maximum atomic E-state index is 12.7. The monoisotopic (exact) mass is 386 g/mol. The fraction of sp³-hybridized carbons (Fsp3) is 0.0952. The van der Waals surface area contributed by atoms with Crippen molar-refractivity contribution in [1.82, 2.24) is 0 Å². The van der Waals surface area contributed by atoms with Gasteiger partial charge in [-0.3, -0.25) is 4.79 Å². The lowest BCUT2D eigenvalue weighted by Crippen LogP contribution is -2.02. The summed E-state index contributed by atoms with van der Waals surface area (Å²) in [5, 5.41) is 11.4. The summed E-state index contributed by atoms with van der Waals surface area (Å²) in [5.74, 6) is 0.0752. The first kappa shape index (κ1) is 18.3. The van der Waals surface area contributed by atoms with Gasteiger partial charge in [-0.15, -0.1) is 0 Å². The van der Waals surface area contributed by atoms with E-state index in [0.717, 1.165) is 5.56 Å². The summed E-state index contributed by atoms with van der Waals surface area (Å²) in [6, 6.07) is 15.2. The van der Waals surface area contributed by atoms with Gasteiger partial charge >= 0.3 is 0 Å². The first-order valence-electron chi connectivity index (χ1n) is 7.88. The first-order chi connectivity index (χ1) is 12.4. The van der Waals surface area contributed by atoms with Gasteiger partial charge in [0.2, 0.25) is 0 Å². The molecule has 3 nitrogen and oxygen atoms in total. The van der Waals surface area contributed by atoms with Crippen molar-refractivity contribution >= 4 is 29.0 Å². The Bertz CT molecular complexity index is 959. The molecule has 0 aliphatic carbocycles. The van der Waals surface area contributed by atoms with E-state index < -0.39 is 0 Å². The third-order valence-corrected chi connectivity index (χ3v) is 4.46. The molecule has 0 amide bonds. The van der Waals surface area contributed by atoms with Gasteiger partial charge in [-0.25, -0.2) is 0 Å². The predicted molar refractivity (Wildman–Crippen MR) is 105 cm³/mol. The van der Waals surface area contributed by atoms with Gasteiger partial charge in [0, 0.05) is 21.2 Å². The molecule has 0 aromatic heterocycles. The summed E-state index contributed by atoms with van der Waals surface area (Å²) in [4.78, 5) is 12.7. The third kappa shape index (κ3) is 3.69. The Kier molecular flexibility index (Phi) is 5.21. The maximum Gasteiger partial charge on any atom is 0.193 e. The number of ketones is 1. The van der Waals surface area contributed by atoms with Gasteiger partial charge < -0.3 is 9.84 Å². The Morgan fingerprint density at radius 3 is 2.12 bits per heavy atom. The Morgan fingerprint density at radius 1 is 0.923 bits per heavy atom. The Balaban J connectivity index is 2.10. The summed E-state index contributed by atoms with van der Waals surface area (Å²) in [6.07, 6.45) is 0. The average Bonchev–Trinajstić information content (AvgIpc) is 2.60. The zero-order valence-corrected chi connectivity index (χ0v) is 15.7. The molecule has 0 aliphatic rings. The molecule has 132 valence electrons. The highest BCUT2D eigenvalue weighted by molar-refractivity contribution is 6.35. The smallest absolute Gasteiger partial charge is 0.193 e. The van der Waals surface area contributed by atoms with Crippen LogP contribution in [-0.4, -0.2) is 18.0 Å². The lowest BCUT2D eigenvalue weighted by molar-refractivity contribution is 0.103. The second kappa shape index (κ2) is 7.40. The second-order valence-corrected chi connectivity index (χ2v) is 6.80. The predicted octanol–water partition coefficient (Wildman–Crippen LogP) is 5.91. The zero-order valence-electron chi connectivity index (χ0n) is 14.2. The molecule has 0 bridgehead atoms. The van der Waals surface area contributed by atoms with Crippen molar-refractivity contribution in [2.24, 2.45) is 0 Å². The van der Waals surface area contributed by atoms with Crippen molar-refractivity contribution in [3.05, 3.63) is 81.3 Å². The Labute approximate surface area is 161 Å². The highest BCUT2D eigenvalue weighted by Crippen LogP contribution is 2.41. The maximum absolute atomic E-state index is 12.7. The number of hydrogen-bond donors (Lipinski definition) is 1. The van der Waals surface area contributed by atoms with Crippen LogP contribution in [0.4, 0.5) is 0 Å². The van der Waals surface area contributed by atoms with Crippen LogP contribution < -0.4 is 4.74 Å². The molecule has 3 aromatic carbocycles. The number of rotatable bonds is 4. The van der Waals surface area contributed by atoms with Gasteiger partial charge in [0.1, 0.15) is 11.5 Å². The molecule has 0 atom stereocenters. The number of aromatic hydroxyl groups is 1. The van der Waals surface area contributed by atoms with E-state index in [1.165, 1.54) is 13.2 Å². The van der Waals surface area contributed by atoms with Gasteiger partial charge in [0.15, 0.2) is 5.78 Å². The van der Waals surface area contributed by atoms with Gasteiger partial charge in [0.25, 0.3) is 0 Å². The number of phenols is 1. The zero-order chi connectivity index (χ0) is 18.8. The van der Waals surface area contributed by atoms with Gasteiger partial charge in [-0.1, -0.05) is 53.0 Å². The van der Waals surface area contributed by atoms with Crippen LogP contribution in [0.1, 0.15) is 21.5 Å². The number of methoxy groups -OCH3 is 1. The van der Waals surface area contributed by atoms with E-state index >= 15 is 0 Å². The van der Waals surface area contributed by atoms with E-state index in [1.54, 1.807) is 36.4 Å². The SMILES string of the molecule is COc1cc(C(=O)c2ccc(C)cc2)cc(O)c1-c1cc(Cl)cc(Cl)c1. The number of halogens is 2. The van der Waals surface area contributed by atoms with Crippen LogP contribution in [0, 0.1) is 6.92 Å². The van der Waals surface area contributed by atoms with Gasteiger partial charge in [-0.2, -0.15) is 0 Å². The summed E-state index contributed by atoms with van der Waals surface area (Å²) in [6.45, 7) is 1.95. The van der Waals surface area contributed by atoms with E-state index in [4.69, 9.17) is 27.9 Å². The molecule has 0 spiro atoms. The highest BCUT2D eigenvalue weighted by atomic mass is 35.5. The molecule has 0 aliphatic heterocycles. The largest absolute Gasteiger partial charge is 0.507 e. The molecule has 1 N–H and O–H groups in total. The number of phenolic OH excluding ortho intramolecular Hbond substituents is 1. The fourth-order valence-electron chi connectivity index (χ4n) is 2.75. The molecule has 3 rings (SSSR count). The molecule has 0 saturated heterocycles. The number of carbonyl (C=O) groups excluding carboxylic acids is 1.